The van der Waals surface area contributed by atoms with Crippen LogP contribution < -0.4 is 5.32 Å². The summed E-state index contributed by atoms with van der Waals surface area (Å²) in [5.74, 6) is -1.30. The van der Waals surface area contributed by atoms with Crippen molar-refractivity contribution >= 4 is 17.8 Å². The molecule has 0 aliphatic carbocycles. The Kier molecular flexibility index (Phi) is 4.48. The van der Waals surface area contributed by atoms with Crippen LogP contribution >= 0.6 is 0 Å². The summed E-state index contributed by atoms with van der Waals surface area (Å²) < 4.78 is 0. The number of carboxylic acids is 1. The molecule has 0 bridgehead atoms. The molecule has 96 valence electrons. The summed E-state index contributed by atoms with van der Waals surface area (Å²) in [4.78, 5) is 35.0. The number of hydrogen-bond donors (Lipinski definition) is 2. The van der Waals surface area contributed by atoms with Crippen LogP contribution in [0.3, 0.4) is 0 Å². The number of carbonyl (C=O) groups excluding carboxylic acids is 2. The van der Waals surface area contributed by atoms with Crippen LogP contribution in [-0.2, 0) is 14.4 Å². The van der Waals surface area contributed by atoms with Crippen molar-refractivity contribution in [2.45, 2.75) is 32.7 Å². The van der Waals surface area contributed by atoms with Gasteiger partial charge in [-0.15, -0.1) is 0 Å². The van der Waals surface area contributed by atoms with Crippen molar-refractivity contribution in [2.75, 3.05) is 13.1 Å². The zero-order valence-corrected chi connectivity index (χ0v) is 10.1. The molecule has 17 heavy (non-hydrogen) atoms. The third-order valence-corrected chi connectivity index (χ3v) is 2.52. The van der Waals surface area contributed by atoms with Gasteiger partial charge in [0.1, 0.15) is 12.6 Å². The Labute approximate surface area is 100.0 Å². The molecule has 1 heterocycles. The van der Waals surface area contributed by atoms with Gasteiger partial charge in [-0.25, -0.2) is 0 Å². The first-order valence-electron chi connectivity index (χ1n) is 5.70. The van der Waals surface area contributed by atoms with E-state index in [1.54, 1.807) is 0 Å². The minimum atomic E-state index is -1.04. The molecule has 1 atom stereocenters. The maximum Gasteiger partial charge on any atom is 0.323 e. The van der Waals surface area contributed by atoms with Gasteiger partial charge in [-0.3, -0.25) is 14.4 Å². The number of nitrogens with zero attached hydrogens (tertiary/aromatic N) is 1. The number of nitrogens with one attached hydrogen (secondary N) is 1. The van der Waals surface area contributed by atoms with Crippen molar-refractivity contribution in [3.63, 3.8) is 0 Å². The van der Waals surface area contributed by atoms with Gasteiger partial charge >= 0.3 is 5.97 Å². The molecule has 2 amide bonds. The highest BCUT2D eigenvalue weighted by Gasteiger charge is 2.31. The predicted molar refractivity (Wildman–Crippen MR) is 60.2 cm³/mol. The maximum absolute atomic E-state index is 12.0. The zero-order valence-electron chi connectivity index (χ0n) is 10.1. The standard InChI is InChI=1S/C11H18N2O4/c1-7(2)5-13(6-10(15)16)11(17)8-3-4-9(14)12-8/h7-8H,3-6H2,1-2H3,(H,12,14)(H,15,16)/t8-/m1/s1. The summed E-state index contributed by atoms with van der Waals surface area (Å²) in [7, 11) is 0. The van der Waals surface area contributed by atoms with E-state index in [4.69, 9.17) is 5.11 Å². The molecule has 1 fully saturated rings. The fraction of sp³-hybridized carbons (Fsp3) is 0.727. The summed E-state index contributed by atoms with van der Waals surface area (Å²) >= 11 is 0. The summed E-state index contributed by atoms with van der Waals surface area (Å²) in [5.41, 5.74) is 0. The molecule has 0 radical (unpaired) electrons. The van der Waals surface area contributed by atoms with E-state index in [9.17, 15) is 14.4 Å². The van der Waals surface area contributed by atoms with E-state index < -0.39 is 12.0 Å². The Balaban J connectivity index is 2.64. The van der Waals surface area contributed by atoms with Crippen LogP contribution in [0.2, 0.25) is 0 Å². The molecule has 6 heteroatoms. The lowest BCUT2D eigenvalue weighted by Gasteiger charge is -2.25. The highest BCUT2D eigenvalue weighted by atomic mass is 16.4. The molecule has 0 aromatic rings. The minimum absolute atomic E-state index is 0.150. The molecule has 0 aromatic heterocycles. The van der Waals surface area contributed by atoms with Crippen LogP contribution in [0.5, 0.6) is 0 Å². The van der Waals surface area contributed by atoms with Crippen LogP contribution in [0.4, 0.5) is 0 Å². The smallest absolute Gasteiger partial charge is 0.323 e. The molecule has 0 unspecified atom stereocenters. The predicted octanol–water partition coefficient (Wildman–Crippen LogP) is -0.166. The van der Waals surface area contributed by atoms with Gasteiger partial charge in [0.2, 0.25) is 11.8 Å². The fourth-order valence-corrected chi connectivity index (χ4v) is 1.86. The summed E-state index contributed by atoms with van der Waals surface area (Å²) in [5, 5.41) is 11.3. The van der Waals surface area contributed by atoms with E-state index in [0.29, 0.717) is 19.4 Å². The van der Waals surface area contributed by atoms with E-state index in [1.165, 1.54) is 4.90 Å². The van der Waals surface area contributed by atoms with E-state index in [2.05, 4.69) is 5.32 Å². The Hall–Kier alpha value is -1.59. The average Bonchev–Trinajstić information content (AvgIpc) is 2.61. The number of aliphatic carboxylic acids is 1. The molecule has 0 spiro atoms. The van der Waals surface area contributed by atoms with Crippen LogP contribution in [0.1, 0.15) is 26.7 Å². The van der Waals surface area contributed by atoms with Crippen molar-refractivity contribution in [1.29, 1.82) is 0 Å². The molecule has 1 rings (SSSR count). The molecule has 0 aromatic carbocycles. The number of rotatable bonds is 5. The average molecular weight is 242 g/mol. The Morgan fingerprint density at radius 2 is 2.18 bits per heavy atom. The summed E-state index contributed by atoms with van der Waals surface area (Å²) in [6, 6.07) is -0.555. The van der Waals surface area contributed by atoms with Crippen LogP contribution in [0, 0.1) is 5.92 Å². The first-order valence-corrected chi connectivity index (χ1v) is 5.70. The van der Waals surface area contributed by atoms with Crippen LogP contribution in [0.25, 0.3) is 0 Å². The van der Waals surface area contributed by atoms with Gasteiger partial charge in [-0.05, 0) is 12.3 Å². The topological polar surface area (TPSA) is 86.7 Å². The first-order chi connectivity index (χ1) is 7.90. The second-order valence-corrected chi connectivity index (χ2v) is 4.67. The second-order valence-electron chi connectivity index (χ2n) is 4.67. The van der Waals surface area contributed by atoms with E-state index in [0.717, 1.165) is 0 Å². The number of hydrogen-bond acceptors (Lipinski definition) is 3. The molecule has 1 aliphatic rings. The monoisotopic (exact) mass is 242 g/mol. The Bertz CT molecular complexity index is 327. The molecular formula is C11H18N2O4. The van der Waals surface area contributed by atoms with E-state index >= 15 is 0 Å². The van der Waals surface area contributed by atoms with E-state index in [1.807, 2.05) is 13.8 Å². The minimum Gasteiger partial charge on any atom is -0.480 e. The molecular weight excluding hydrogens is 224 g/mol. The normalized spacial score (nSPS) is 19.2. The lowest BCUT2D eigenvalue weighted by molar-refractivity contribution is -0.145. The lowest BCUT2D eigenvalue weighted by atomic mass is 10.1. The third-order valence-electron chi connectivity index (χ3n) is 2.52. The fourth-order valence-electron chi connectivity index (χ4n) is 1.86. The van der Waals surface area contributed by atoms with Gasteiger partial charge in [-0.2, -0.15) is 0 Å². The highest BCUT2D eigenvalue weighted by Crippen LogP contribution is 2.11. The summed E-state index contributed by atoms with van der Waals surface area (Å²) in [6.07, 6.45) is 0.783. The van der Waals surface area contributed by atoms with Gasteiger partial charge in [0, 0.05) is 13.0 Å². The van der Waals surface area contributed by atoms with Crippen molar-refractivity contribution in [2.24, 2.45) is 5.92 Å². The number of carboxylic acid groups (broad SMARTS) is 1. The van der Waals surface area contributed by atoms with Gasteiger partial charge in [0.05, 0.1) is 0 Å². The van der Waals surface area contributed by atoms with Crippen LogP contribution in [-0.4, -0.2) is 46.9 Å². The molecule has 1 saturated heterocycles. The molecule has 1 aliphatic heterocycles. The number of carbonyl (C=O) groups is 3. The largest absolute Gasteiger partial charge is 0.480 e. The molecule has 0 saturated carbocycles. The first kappa shape index (κ1) is 13.5. The highest BCUT2D eigenvalue weighted by molar-refractivity contribution is 5.92. The third kappa shape index (κ3) is 4.05. The second kappa shape index (κ2) is 5.65. The Morgan fingerprint density at radius 1 is 1.53 bits per heavy atom. The quantitative estimate of drug-likeness (QED) is 0.701. The molecule has 6 nitrogen and oxygen atoms in total. The summed E-state index contributed by atoms with van der Waals surface area (Å²) in [6.45, 7) is 3.89. The van der Waals surface area contributed by atoms with Crippen molar-refractivity contribution in [1.82, 2.24) is 10.2 Å². The SMILES string of the molecule is CC(C)CN(CC(=O)O)C(=O)[C@H]1CCC(=O)N1. The van der Waals surface area contributed by atoms with Crippen molar-refractivity contribution in [3.05, 3.63) is 0 Å². The number of amides is 2. The maximum atomic E-state index is 12.0. The van der Waals surface area contributed by atoms with Crippen molar-refractivity contribution < 1.29 is 19.5 Å². The van der Waals surface area contributed by atoms with Gasteiger partial charge in [-0.1, -0.05) is 13.8 Å². The van der Waals surface area contributed by atoms with Crippen molar-refractivity contribution in [3.8, 4) is 0 Å². The van der Waals surface area contributed by atoms with Gasteiger partial charge in [0.15, 0.2) is 0 Å². The van der Waals surface area contributed by atoms with E-state index in [-0.39, 0.29) is 24.3 Å². The van der Waals surface area contributed by atoms with Gasteiger partial charge < -0.3 is 15.3 Å². The van der Waals surface area contributed by atoms with Crippen LogP contribution in [0.15, 0.2) is 0 Å². The Morgan fingerprint density at radius 3 is 2.59 bits per heavy atom. The lowest BCUT2D eigenvalue weighted by Crippen LogP contribution is -2.47. The zero-order chi connectivity index (χ0) is 13.0. The van der Waals surface area contributed by atoms with Gasteiger partial charge in [0.25, 0.3) is 0 Å². The molecule has 2 N–H and O–H groups in total.